The number of rotatable bonds is 16. The maximum Gasteiger partial charge on any atom is 0.212 e. The van der Waals surface area contributed by atoms with Gasteiger partial charge >= 0.3 is 0 Å². The molecule has 0 saturated carbocycles. The van der Waals surface area contributed by atoms with E-state index in [1.54, 1.807) is 0 Å². The zero-order chi connectivity index (χ0) is 38.8. The van der Waals surface area contributed by atoms with Gasteiger partial charge in [0.05, 0.1) is 0 Å². The molecule has 0 radical (unpaired) electrons. The highest BCUT2D eigenvalue weighted by atomic mass is 15.1. The summed E-state index contributed by atoms with van der Waals surface area (Å²) >= 11 is 0. The lowest BCUT2D eigenvalue weighted by Gasteiger charge is -2.24. The van der Waals surface area contributed by atoms with Gasteiger partial charge in [-0.05, 0) is 117 Å². The summed E-state index contributed by atoms with van der Waals surface area (Å²) in [7, 11) is 0. The molecule has 0 unspecified atom stereocenters. The van der Waals surface area contributed by atoms with Crippen molar-refractivity contribution in [2.75, 3.05) is 72.0 Å². The highest BCUT2D eigenvalue weighted by molar-refractivity contribution is 6.20. The van der Waals surface area contributed by atoms with Crippen LogP contribution in [0.5, 0.6) is 0 Å². The van der Waals surface area contributed by atoms with Crippen LogP contribution >= 0.6 is 0 Å². The van der Waals surface area contributed by atoms with Gasteiger partial charge in [-0.1, -0.05) is 0 Å². The van der Waals surface area contributed by atoms with Gasteiger partial charge < -0.3 is 19.6 Å². The smallest absolute Gasteiger partial charge is 0.212 e. The van der Waals surface area contributed by atoms with Crippen molar-refractivity contribution in [3.63, 3.8) is 0 Å². The molecular formula is C48H64N6+2. The molecule has 0 bridgehead atoms. The number of hydrogen-bond donors (Lipinski definition) is 0. The minimum absolute atomic E-state index is 0.986. The lowest BCUT2D eigenvalue weighted by atomic mass is 10.1. The van der Waals surface area contributed by atoms with E-state index in [1.807, 2.05) is 0 Å². The van der Waals surface area contributed by atoms with Gasteiger partial charge in [-0.15, -0.1) is 0 Å². The molecule has 4 aromatic rings. The molecule has 0 saturated heterocycles. The minimum Gasteiger partial charge on any atom is -0.372 e. The van der Waals surface area contributed by atoms with Gasteiger partial charge in [0.2, 0.25) is 34.2 Å². The Hall–Kier alpha value is -5.10. The molecule has 0 atom stereocenters. The standard InChI is InChI=1S/C48H64N6/c1-11-49(12-2)39-19-23-41(24-20-39)53(42-25-21-40(22-26-42)50(13-3)14-4)43-27-29-44(30-28-43)54(45-31-33-47(37(9)35-45)51(15-5)16-6)46-32-34-48(38(10)36-46)52(17-7)18-8/h19-36H,11-18H2,1-10H3/q+2. The van der Waals surface area contributed by atoms with Crippen LogP contribution in [0.4, 0.5) is 45.5 Å². The Morgan fingerprint density at radius 1 is 0.352 bits per heavy atom. The zero-order valence-corrected chi connectivity index (χ0v) is 34.7. The monoisotopic (exact) mass is 725 g/mol. The predicted octanol–water partition coefficient (Wildman–Crippen LogP) is 11.1. The Bertz CT molecular complexity index is 1830. The summed E-state index contributed by atoms with van der Waals surface area (Å²) in [6.45, 7) is 30.1. The van der Waals surface area contributed by atoms with Crippen molar-refractivity contribution in [1.82, 2.24) is 9.15 Å². The van der Waals surface area contributed by atoms with Crippen LogP contribution in [0.25, 0.3) is 0 Å². The van der Waals surface area contributed by atoms with Gasteiger partial charge in [-0.25, -0.2) is 0 Å². The fourth-order valence-electron chi connectivity index (χ4n) is 7.84. The summed E-state index contributed by atoms with van der Waals surface area (Å²) in [5.74, 6) is 0. The molecule has 284 valence electrons. The second kappa shape index (κ2) is 18.8. The van der Waals surface area contributed by atoms with Gasteiger partial charge in [0, 0.05) is 148 Å². The second-order valence-electron chi connectivity index (χ2n) is 13.9. The maximum absolute atomic E-state index is 2.43. The summed E-state index contributed by atoms with van der Waals surface area (Å²) in [6, 6.07) is 31.9. The molecule has 5 rings (SSSR count). The molecule has 6 nitrogen and oxygen atoms in total. The van der Waals surface area contributed by atoms with Crippen molar-refractivity contribution in [2.24, 2.45) is 0 Å². The Morgan fingerprint density at radius 2 is 0.630 bits per heavy atom. The molecule has 1 aliphatic rings. The maximum atomic E-state index is 2.43. The van der Waals surface area contributed by atoms with Crippen molar-refractivity contribution in [3.05, 3.63) is 120 Å². The van der Waals surface area contributed by atoms with E-state index in [2.05, 4.69) is 207 Å². The summed E-state index contributed by atoms with van der Waals surface area (Å²) in [5.41, 5.74) is 14.5. The average molecular weight is 725 g/mol. The van der Waals surface area contributed by atoms with Crippen LogP contribution in [0.1, 0.15) is 66.5 Å². The van der Waals surface area contributed by atoms with Crippen molar-refractivity contribution in [1.29, 1.82) is 0 Å². The SMILES string of the molecule is CCN(CC)c1ccc([N+](=C2C=CC(=[N+](c3ccc(N(CC)CC)c(C)c3)c3ccc(N(CC)CC)c(C)c3)C=C2)c2ccc(N(CC)CC)cc2)cc1. The third-order valence-corrected chi connectivity index (χ3v) is 10.9. The molecule has 0 amide bonds. The van der Waals surface area contributed by atoms with Gasteiger partial charge in [0.1, 0.15) is 0 Å². The van der Waals surface area contributed by atoms with Gasteiger partial charge in [0.25, 0.3) is 0 Å². The topological polar surface area (TPSA) is 19.0 Å². The van der Waals surface area contributed by atoms with Gasteiger partial charge in [-0.3, -0.25) is 0 Å². The van der Waals surface area contributed by atoms with Crippen molar-refractivity contribution >= 4 is 56.9 Å². The molecule has 0 N–H and O–H groups in total. The minimum atomic E-state index is 0.986. The Morgan fingerprint density at radius 3 is 0.907 bits per heavy atom. The third-order valence-electron chi connectivity index (χ3n) is 10.9. The highest BCUT2D eigenvalue weighted by Crippen LogP contribution is 2.32. The lowest BCUT2D eigenvalue weighted by molar-refractivity contribution is 0.860. The van der Waals surface area contributed by atoms with Crippen LogP contribution in [0.15, 0.2) is 109 Å². The fraction of sp³-hybridized carbons (Fsp3) is 0.375. The largest absolute Gasteiger partial charge is 0.372 e. The molecular weight excluding hydrogens is 661 g/mol. The molecule has 0 fully saturated rings. The van der Waals surface area contributed by atoms with E-state index in [0.717, 1.165) is 86.5 Å². The fourth-order valence-corrected chi connectivity index (χ4v) is 7.84. The van der Waals surface area contributed by atoms with Crippen LogP contribution < -0.4 is 28.8 Å². The van der Waals surface area contributed by atoms with E-state index in [4.69, 9.17) is 0 Å². The summed E-state index contributed by atoms with van der Waals surface area (Å²) in [5, 5.41) is 0. The van der Waals surface area contributed by atoms with Crippen molar-refractivity contribution in [2.45, 2.75) is 69.2 Å². The quantitative estimate of drug-likeness (QED) is 0.0846. The average Bonchev–Trinajstić information content (AvgIpc) is 3.20. The Balaban J connectivity index is 1.68. The molecule has 54 heavy (non-hydrogen) atoms. The van der Waals surface area contributed by atoms with Crippen molar-refractivity contribution in [3.8, 4) is 0 Å². The second-order valence-corrected chi connectivity index (χ2v) is 13.9. The molecule has 6 heteroatoms. The summed E-state index contributed by atoms with van der Waals surface area (Å²) in [6.07, 6.45) is 9.09. The Labute approximate surface area is 326 Å². The van der Waals surface area contributed by atoms with E-state index in [0.29, 0.717) is 0 Å². The van der Waals surface area contributed by atoms with Crippen LogP contribution in [-0.4, -0.2) is 63.8 Å². The lowest BCUT2D eigenvalue weighted by Crippen LogP contribution is -2.24. The first-order valence-corrected chi connectivity index (χ1v) is 20.4. The number of aryl methyl sites for hydroxylation is 2. The highest BCUT2D eigenvalue weighted by Gasteiger charge is 2.26. The van der Waals surface area contributed by atoms with E-state index in [1.165, 1.54) is 33.9 Å². The number of hydrogen-bond acceptors (Lipinski definition) is 4. The van der Waals surface area contributed by atoms with Crippen LogP contribution in [0.3, 0.4) is 0 Å². The first kappa shape index (κ1) is 40.1. The third kappa shape index (κ3) is 8.65. The van der Waals surface area contributed by atoms with Gasteiger partial charge in [0.15, 0.2) is 0 Å². The molecule has 1 aliphatic carbocycles. The van der Waals surface area contributed by atoms with Crippen LogP contribution in [0.2, 0.25) is 0 Å². The number of allylic oxidation sites excluding steroid dienone is 4. The van der Waals surface area contributed by atoms with E-state index < -0.39 is 0 Å². The van der Waals surface area contributed by atoms with Gasteiger partial charge in [-0.2, -0.15) is 9.15 Å². The Kier molecular flexibility index (Phi) is 13.9. The zero-order valence-electron chi connectivity index (χ0n) is 34.7. The van der Waals surface area contributed by atoms with Crippen molar-refractivity contribution < 1.29 is 0 Å². The molecule has 4 aromatic carbocycles. The van der Waals surface area contributed by atoms with E-state index >= 15 is 0 Å². The van der Waals surface area contributed by atoms with Crippen LogP contribution in [0, 0.1) is 13.8 Å². The van der Waals surface area contributed by atoms with E-state index in [-0.39, 0.29) is 0 Å². The first-order chi connectivity index (χ1) is 26.2. The van der Waals surface area contributed by atoms with E-state index in [9.17, 15) is 0 Å². The summed E-state index contributed by atoms with van der Waals surface area (Å²) < 4.78 is 4.78. The molecule has 0 heterocycles. The van der Waals surface area contributed by atoms with Crippen LogP contribution in [-0.2, 0) is 0 Å². The number of anilines is 4. The number of benzene rings is 4. The normalized spacial score (nSPS) is 12.3. The molecule has 0 spiro atoms. The molecule has 0 aromatic heterocycles. The first-order valence-electron chi connectivity index (χ1n) is 20.4. The summed E-state index contributed by atoms with van der Waals surface area (Å²) in [4.78, 5) is 9.64. The predicted molar refractivity (Wildman–Crippen MR) is 241 cm³/mol. The molecule has 0 aliphatic heterocycles. The number of nitrogens with zero attached hydrogens (tertiary/aromatic N) is 6.